The van der Waals surface area contributed by atoms with Gasteiger partial charge in [-0.1, -0.05) is 182 Å². The van der Waals surface area contributed by atoms with Gasteiger partial charge < -0.3 is 14.2 Å². The molecule has 0 aliphatic heterocycles. The molecule has 0 fully saturated rings. The first-order chi connectivity index (χ1) is 23.2. The number of hydrogen-bond donors (Lipinski definition) is 0. The molecule has 0 radical (unpaired) electrons. The largest absolute Gasteiger partial charge is 0.462 e. The second kappa shape index (κ2) is 35.2. The third-order valence-corrected chi connectivity index (χ3v) is 9.22. The van der Waals surface area contributed by atoms with Gasteiger partial charge in [0.2, 0.25) is 0 Å². The van der Waals surface area contributed by atoms with Crippen LogP contribution in [0.3, 0.4) is 0 Å². The molecular weight excluding hydrogens is 600 g/mol. The van der Waals surface area contributed by atoms with Gasteiger partial charge in [0.25, 0.3) is 0 Å². The molecule has 0 amide bonds. The molecule has 1 atom stereocenters. The molecule has 48 heavy (non-hydrogen) atoms. The second-order valence-corrected chi connectivity index (χ2v) is 15.2. The number of rotatable bonds is 36. The molecule has 0 heterocycles. The van der Waals surface area contributed by atoms with Crippen LogP contribution in [0.25, 0.3) is 0 Å². The fourth-order valence-corrected chi connectivity index (χ4v) is 6.05. The highest BCUT2D eigenvalue weighted by Crippen LogP contribution is 2.16. The van der Waals surface area contributed by atoms with Gasteiger partial charge in [0.15, 0.2) is 6.10 Å². The standard InChI is InChI=1S/C42H80O6/c1-6-7-8-20-29-34-42(45)48-39(36-47-41(44)33-28-24-19-15-14-17-22-26-31-38(4)5)35-46-40(43)32-27-23-18-13-11-9-10-12-16-21-25-30-37(2)3/h37-39H,6-36H2,1-5H3/t39-/m0/s1. The highest BCUT2D eigenvalue weighted by atomic mass is 16.6. The number of carbonyl (C=O) groups is 3. The summed E-state index contributed by atoms with van der Waals surface area (Å²) in [6.07, 6.45) is 31.2. The van der Waals surface area contributed by atoms with Crippen LogP contribution in [0.15, 0.2) is 0 Å². The molecule has 0 aliphatic carbocycles. The van der Waals surface area contributed by atoms with Gasteiger partial charge in [-0.3, -0.25) is 14.4 Å². The summed E-state index contributed by atoms with van der Waals surface area (Å²) in [6.45, 7) is 11.2. The van der Waals surface area contributed by atoms with Crippen LogP contribution in [0, 0.1) is 11.8 Å². The number of esters is 3. The van der Waals surface area contributed by atoms with Gasteiger partial charge >= 0.3 is 17.9 Å². The quantitative estimate of drug-likeness (QED) is 0.0372. The van der Waals surface area contributed by atoms with E-state index in [-0.39, 0.29) is 31.1 Å². The maximum atomic E-state index is 12.5. The third-order valence-electron chi connectivity index (χ3n) is 9.22. The fraction of sp³-hybridized carbons (Fsp3) is 0.929. The zero-order valence-electron chi connectivity index (χ0n) is 32.6. The first-order valence-electron chi connectivity index (χ1n) is 20.7. The molecule has 0 unspecified atom stereocenters. The fourth-order valence-electron chi connectivity index (χ4n) is 6.05. The lowest BCUT2D eigenvalue weighted by Crippen LogP contribution is -2.30. The lowest BCUT2D eigenvalue weighted by molar-refractivity contribution is -0.167. The first-order valence-corrected chi connectivity index (χ1v) is 20.7. The van der Waals surface area contributed by atoms with Gasteiger partial charge in [0, 0.05) is 19.3 Å². The van der Waals surface area contributed by atoms with E-state index in [1.807, 2.05) is 0 Å². The highest BCUT2D eigenvalue weighted by Gasteiger charge is 2.19. The Kier molecular flexibility index (Phi) is 34.1. The van der Waals surface area contributed by atoms with Gasteiger partial charge in [-0.05, 0) is 31.1 Å². The molecule has 0 saturated heterocycles. The van der Waals surface area contributed by atoms with Crippen molar-refractivity contribution in [1.82, 2.24) is 0 Å². The second-order valence-electron chi connectivity index (χ2n) is 15.2. The Labute approximate surface area is 298 Å². The van der Waals surface area contributed by atoms with E-state index >= 15 is 0 Å². The van der Waals surface area contributed by atoms with Crippen molar-refractivity contribution in [3.8, 4) is 0 Å². The Morgan fingerprint density at radius 2 is 0.688 bits per heavy atom. The average Bonchev–Trinajstić information content (AvgIpc) is 3.04. The molecule has 0 N–H and O–H groups in total. The smallest absolute Gasteiger partial charge is 0.306 e. The normalized spacial score (nSPS) is 12.1. The molecule has 6 nitrogen and oxygen atoms in total. The predicted octanol–water partition coefficient (Wildman–Crippen LogP) is 12.6. The predicted molar refractivity (Wildman–Crippen MR) is 201 cm³/mol. The lowest BCUT2D eigenvalue weighted by atomic mass is 10.0. The van der Waals surface area contributed by atoms with E-state index in [1.165, 1.54) is 103 Å². The minimum absolute atomic E-state index is 0.0671. The summed E-state index contributed by atoms with van der Waals surface area (Å²) < 4.78 is 16.5. The molecule has 0 saturated carbocycles. The zero-order chi connectivity index (χ0) is 35.5. The molecule has 0 rings (SSSR count). The van der Waals surface area contributed by atoms with Crippen molar-refractivity contribution >= 4 is 17.9 Å². The Morgan fingerprint density at radius 1 is 0.396 bits per heavy atom. The van der Waals surface area contributed by atoms with E-state index in [0.717, 1.165) is 76.0 Å². The summed E-state index contributed by atoms with van der Waals surface area (Å²) >= 11 is 0. The molecular formula is C42H80O6. The van der Waals surface area contributed by atoms with Crippen molar-refractivity contribution in [2.24, 2.45) is 11.8 Å². The Balaban J connectivity index is 4.19. The van der Waals surface area contributed by atoms with Crippen LogP contribution in [-0.2, 0) is 28.6 Å². The maximum Gasteiger partial charge on any atom is 0.306 e. The summed E-state index contributed by atoms with van der Waals surface area (Å²) in [5.41, 5.74) is 0. The molecule has 0 aromatic rings. The van der Waals surface area contributed by atoms with E-state index in [4.69, 9.17) is 14.2 Å². The van der Waals surface area contributed by atoms with Crippen LogP contribution in [0.5, 0.6) is 0 Å². The number of unbranched alkanes of at least 4 members (excludes halogenated alkanes) is 21. The summed E-state index contributed by atoms with van der Waals surface area (Å²) in [5, 5.41) is 0. The average molecular weight is 681 g/mol. The van der Waals surface area contributed by atoms with Crippen molar-refractivity contribution in [1.29, 1.82) is 0 Å². The van der Waals surface area contributed by atoms with Crippen LogP contribution in [-0.4, -0.2) is 37.2 Å². The summed E-state index contributed by atoms with van der Waals surface area (Å²) in [6, 6.07) is 0. The van der Waals surface area contributed by atoms with E-state index < -0.39 is 6.10 Å². The van der Waals surface area contributed by atoms with Crippen LogP contribution < -0.4 is 0 Å². The zero-order valence-corrected chi connectivity index (χ0v) is 32.6. The first kappa shape index (κ1) is 46.4. The lowest BCUT2D eigenvalue weighted by Gasteiger charge is -2.18. The Hall–Kier alpha value is -1.59. The molecule has 0 aromatic heterocycles. The third kappa shape index (κ3) is 35.7. The maximum absolute atomic E-state index is 12.5. The van der Waals surface area contributed by atoms with Crippen LogP contribution >= 0.6 is 0 Å². The Bertz CT molecular complexity index is 734. The van der Waals surface area contributed by atoms with Crippen molar-refractivity contribution < 1.29 is 28.6 Å². The summed E-state index contributed by atoms with van der Waals surface area (Å²) in [5.74, 6) is 0.745. The van der Waals surface area contributed by atoms with E-state index in [0.29, 0.717) is 19.3 Å². The van der Waals surface area contributed by atoms with Crippen molar-refractivity contribution in [3.05, 3.63) is 0 Å². The minimum Gasteiger partial charge on any atom is -0.462 e. The van der Waals surface area contributed by atoms with Crippen molar-refractivity contribution in [3.63, 3.8) is 0 Å². The van der Waals surface area contributed by atoms with Crippen molar-refractivity contribution in [2.45, 2.75) is 227 Å². The van der Waals surface area contributed by atoms with E-state index in [9.17, 15) is 14.4 Å². The molecule has 284 valence electrons. The number of ether oxygens (including phenoxy) is 3. The van der Waals surface area contributed by atoms with Crippen LogP contribution in [0.2, 0.25) is 0 Å². The topological polar surface area (TPSA) is 78.9 Å². The van der Waals surface area contributed by atoms with Crippen molar-refractivity contribution in [2.75, 3.05) is 13.2 Å². The van der Waals surface area contributed by atoms with E-state index in [2.05, 4.69) is 34.6 Å². The molecule has 6 heteroatoms. The summed E-state index contributed by atoms with van der Waals surface area (Å²) in [7, 11) is 0. The van der Waals surface area contributed by atoms with E-state index in [1.54, 1.807) is 0 Å². The summed E-state index contributed by atoms with van der Waals surface area (Å²) in [4.78, 5) is 37.3. The molecule has 0 aromatic carbocycles. The highest BCUT2D eigenvalue weighted by molar-refractivity contribution is 5.71. The van der Waals surface area contributed by atoms with Crippen LogP contribution in [0.4, 0.5) is 0 Å². The SMILES string of the molecule is CCCCCCCC(=O)O[C@@H](COC(=O)CCCCCCCCCCCCCC(C)C)COC(=O)CCCCCCCCCCC(C)C. The molecule has 0 bridgehead atoms. The number of carbonyl (C=O) groups excluding carboxylic acids is 3. The molecule has 0 spiro atoms. The van der Waals surface area contributed by atoms with Gasteiger partial charge in [0.1, 0.15) is 13.2 Å². The van der Waals surface area contributed by atoms with Gasteiger partial charge in [-0.25, -0.2) is 0 Å². The number of hydrogen-bond acceptors (Lipinski definition) is 6. The Morgan fingerprint density at radius 3 is 1.02 bits per heavy atom. The van der Waals surface area contributed by atoms with Gasteiger partial charge in [-0.15, -0.1) is 0 Å². The van der Waals surface area contributed by atoms with Gasteiger partial charge in [0.05, 0.1) is 0 Å². The van der Waals surface area contributed by atoms with Gasteiger partial charge in [-0.2, -0.15) is 0 Å². The molecule has 0 aliphatic rings. The minimum atomic E-state index is -0.757. The van der Waals surface area contributed by atoms with Crippen LogP contribution in [0.1, 0.15) is 221 Å². The monoisotopic (exact) mass is 681 g/mol.